The van der Waals surface area contributed by atoms with Gasteiger partial charge in [-0.3, -0.25) is 0 Å². The highest BCUT2D eigenvalue weighted by Gasteiger charge is 2.06. The summed E-state index contributed by atoms with van der Waals surface area (Å²) < 4.78 is 0. The first-order valence-electron chi connectivity index (χ1n) is 5.05. The van der Waals surface area contributed by atoms with Gasteiger partial charge in [0, 0.05) is 11.8 Å². The number of carboxylic acid groups (broad SMARTS) is 1. The number of carboxylic acids is 1. The molecule has 0 aliphatic heterocycles. The smallest absolute Gasteiger partial charge is 0.335 e. The SMILES string of the molecule is O=C(O)c1cccc(Cc2nc(CO)cs2)c1. The van der Waals surface area contributed by atoms with Crippen LogP contribution in [0.15, 0.2) is 29.6 Å². The summed E-state index contributed by atoms with van der Waals surface area (Å²) in [5.41, 5.74) is 1.84. The summed E-state index contributed by atoms with van der Waals surface area (Å²) in [4.78, 5) is 15.0. The van der Waals surface area contributed by atoms with Crippen LogP contribution < -0.4 is 0 Å². The van der Waals surface area contributed by atoms with E-state index in [-0.39, 0.29) is 12.2 Å². The van der Waals surface area contributed by atoms with Crippen molar-refractivity contribution in [3.63, 3.8) is 0 Å². The van der Waals surface area contributed by atoms with Crippen LogP contribution in [0.1, 0.15) is 26.6 Å². The molecular formula is C12H11NO3S. The molecule has 0 bridgehead atoms. The highest BCUT2D eigenvalue weighted by Crippen LogP contribution is 2.15. The molecule has 0 spiro atoms. The Balaban J connectivity index is 2.18. The van der Waals surface area contributed by atoms with E-state index in [4.69, 9.17) is 10.2 Å². The first-order chi connectivity index (χ1) is 8.19. The van der Waals surface area contributed by atoms with Gasteiger partial charge in [-0.1, -0.05) is 12.1 Å². The maximum atomic E-state index is 10.8. The number of nitrogens with zero attached hydrogens (tertiary/aromatic N) is 1. The number of carbonyl (C=O) groups is 1. The second-order valence-corrected chi connectivity index (χ2v) is 4.52. The maximum Gasteiger partial charge on any atom is 0.335 e. The Morgan fingerprint density at radius 3 is 2.88 bits per heavy atom. The Hall–Kier alpha value is -1.72. The van der Waals surface area contributed by atoms with Gasteiger partial charge in [-0.05, 0) is 17.7 Å². The predicted octanol–water partition coefficient (Wildman–Crippen LogP) is 1.92. The van der Waals surface area contributed by atoms with E-state index in [1.807, 2.05) is 6.07 Å². The van der Waals surface area contributed by atoms with E-state index < -0.39 is 5.97 Å². The molecular weight excluding hydrogens is 238 g/mol. The summed E-state index contributed by atoms with van der Waals surface area (Å²) in [7, 11) is 0. The highest BCUT2D eigenvalue weighted by atomic mass is 32.1. The molecule has 0 saturated carbocycles. The lowest BCUT2D eigenvalue weighted by molar-refractivity contribution is 0.0697. The Labute approximate surface area is 102 Å². The van der Waals surface area contributed by atoms with Crippen molar-refractivity contribution in [2.24, 2.45) is 0 Å². The minimum absolute atomic E-state index is 0.0638. The monoisotopic (exact) mass is 249 g/mol. The molecule has 0 radical (unpaired) electrons. The Morgan fingerprint density at radius 2 is 2.24 bits per heavy atom. The molecule has 1 heterocycles. The van der Waals surface area contributed by atoms with Gasteiger partial charge in [-0.2, -0.15) is 0 Å². The first-order valence-corrected chi connectivity index (χ1v) is 5.93. The van der Waals surface area contributed by atoms with E-state index in [0.717, 1.165) is 10.6 Å². The number of aromatic carboxylic acids is 1. The van der Waals surface area contributed by atoms with Crippen molar-refractivity contribution < 1.29 is 15.0 Å². The minimum Gasteiger partial charge on any atom is -0.478 e. The van der Waals surface area contributed by atoms with Gasteiger partial charge in [0.1, 0.15) is 0 Å². The molecule has 0 aliphatic rings. The van der Waals surface area contributed by atoms with Crippen LogP contribution in [0.4, 0.5) is 0 Å². The van der Waals surface area contributed by atoms with Crippen molar-refractivity contribution >= 4 is 17.3 Å². The molecule has 5 heteroatoms. The van der Waals surface area contributed by atoms with Gasteiger partial charge in [-0.15, -0.1) is 11.3 Å². The van der Waals surface area contributed by atoms with Gasteiger partial charge in [0.15, 0.2) is 0 Å². The van der Waals surface area contributed by atoms with Gasteiger partial charge in [0.25, 0.3) is 0 Å². The molecule has 1 aromatic heterocycles. The van der Waals surface area contributed by atoms with Crippen molar-refractivity contribution in [2.75, 3.05) is 0 Å². The number of hydrogen-bond acceptors (Lipinski definition) is 4. The molecule has 0 unspecified atom stereocenters. The number of benzene rings is 1. The van der Waals surface area contributed by atoms with Crippen LogP contribution in [-0.4, -0.2) is 21.2 Å². The summed E-state index contributed by atoms with van der Waals surface area (Å²) >= 11 is 1.46. The van der Waals surface area contributed by atoms with Gasteiger partial charge < -0.3 is 10.2 Å². The maximum absolute atomic E-state index is 10.8. The van der Waals surface area contributed by atoms with Crippen LogP contribution in [0.3, 0.4) is 0 Å². The largest absolute Gasteiger partial charge is 0.478 e. The lowest BCUT2D eigenvalue weighted by Gasteiger charge is -2.00. The highest BCUT2D eigenvalue weighted by molar-refractivity contribution is 7.09. The number of aliphatic hydroxyl groups is 1. The summed E-state index contributed by atoms with van der Waals surface area (Å²) in [5, 5.41) is 20.4. The topological polar surface area (TPSA) is 70.4 Å². The number of thiazole rings is 1. The van der Waals surface area contributed by atoms with Gasteiger partial charge in [-0.25, -0.2) is 9.78 Å². The first kappa shape index (κ1) is 11.8. The quantitative estimate of drug-likeness (QED) is 0.868. The van der Waals surface area contributed by atoms with Crippen LogP contribution in [0.2, 0.25) is 0 Å². The number of hydrogen-bond donors (Lipinski definition) is 2. The van der Waals surface area contributed by atoms with E-state index in [9.17, 15) is 4.79 Å². The Bertz CT molecular complexity index is 536. The van der Waals surface area contributed by atoms with E-state index >= 15 is 0 Å². The summed E-state index contributed by atoms with van der Waals surface area (Å²) in [6.07, 6.45) is 0.589. The van der Waals surface area contributed by atoms with Gasteiger partial charge in [0.05, 0.1) is 22.9 Å². The van der Waals surface area contributed by atoms with Crippen molar-refractivity contribution in [3.05, 3.63) is 51.5 Å². The number of rotatable bonds is 4. The fourth-order valence-electron chi connectivity index (χ4n) is 1.49. The van der Waals surface area contributed by atoms with E-state index in [2.05, 4.69) is 4.98 Å². The molecule has 1 aromatic carbocycles. The summed E-state index contributed by atoms with van der Waals surface area (Å²) in [6.45, 7) is -0.0638. The molecule has 0 atom stereocenters. The molecule has 0 aliphatic carbocycles. The van der Waals surface area contributed by atoms with E-state index in [1.165, 1.54) is 11.3 Å². The van der Waals surface area contributed by atoms with Crippen molar-refractivity contribution in [3.8, 4) is 0 Å². The van der Waals surface area contributed by atoms with Crippen LogP contribution in [0.25, 0.3) is 0 Å². The van der Waals surface area contributed by atoms with Crippen LogP contribution in [-0.2, 0) is 13.0 Å². The predicted molar refractivity (Wildman–Crippen MR) is 64.2 cm³/mol. The number of aromatic nitrogens is 1. The lowest BCUT2D eigenvalue weighted by atomic mass is 10.1. The average molecular weight is 249 g/mol. The lowest BCUT2D eigenvalue weighted by Crippen LogP contribution is -1.97. The Kier molecular flexibility index (Phi) is 3.51. The molecule has 0 saturated heterocycles. The fourth-order valence-corrected chi connectivity index (χ4v) is 2.31. The molecule has 2 aromatic rings. The number of aliphatic hydroxyl groups excluding tert-OH is 1. The zero-order valence-electron chi connectivity index (χ0n) is 8.96. The average Bonchev–Trinajstić information content (AvgIpc) is 2.77. The van der Waals surface area contributed by atoms with Crippen LogP contribution in [0, 0.1) is 0 Å². The normalized spacial score (nSPS) is 10.4. The third-order valence-corrected chi connectivity index (χ3v) is 3.19. The van der Waals surface area contributed by atoms with E-state index in [0.29, 0.717) is 12.1 Å². The zero-order chi connectivity index (χ0) is 12.3. The van der Waals surface area contributed by atoms with E-state index in [1.54, 1.807) is 23.6 Å². The zero-order valence-corrected chi connectivity index (χ0v) is 9.78. The van der Waals surface area contributed by atoms with Crippen molar-refractivity contribution in [1.82, 2.24) is 4.98 Å². The second kappa shape index (κ2) is 5.07. The standard InChI is InChI=1S/C12H11NO3S/c14-6-10-7-17-11(13-10)5-8-2-1-3-9(4-8)12(15)16/h1-4,7,14H,5-6H2,(H,15,16). The summed E-state index contributed by atoms with van der Waals surface area (Å²) in [6, 6.07) is 6.79. The van der Waals surface area contributed by atoms with Gasteiger partial charge in [0.2, 0.25) is 0 Å². The fraction of sp³-hybridized carbons (Fsp3) is 0.167. The third-order valence-electron chi connectivity index (χ3n) is 2.29. The second-order valence-electron chi connectivity index (χ2n) is 3.57. The molecule has 4 nitrogen and oxygen atoms in total. The molecule has 88 valence electrons. The molecule has 2 N–H and O–H groups in total. The third kappa shape index (κ3) is 2.89. The van der Waals surface area contributed by atoms with Crippen LogP contribution in [0.5, 0.6) is 0 Å². The molecule has 0 fully saturated rings. The molecule has 17 heavy (non-hydrogen) atoms. The minimum atomic E-state index is -0.929. The Morgan fingerprint density at radius 1 is 1.41 bits per heavy atom. The summed E-state index contributed by atoms with van der Waals surface area (Å²) in [5.74, 6) is -0.929. The van der Waals surface area contributed by atoms with Gasteiger partial charge >= 0.3 is 5.97 Å². The van der Waals surface area contributed by atoms with Crippen LogP contribution >= 0.6 is 11.3 Å². The molecule has 2 rings (SSSR count). The molecule has 0 amide bonds. The van der Waals surface area contributed by atoms with Crippen molar-refractivity contribution in [2.45, 2.75) is 13.0 Å². The van der Waals surface area contributed by atoms with Crippen molar-refractivity contribution in [1.29, 1.82) is 0 Å².